The molecule has 0 radical (unpaired) electrons. The average Bonchev–Trinajstić information content (AvgIpc) is 2.71. The number of aromatic nitrogens is 3. The third-order valence-electron chi connectivity index (χ3n) is 2.39. The SMILES string of the molecule is Cn1cnc(CCNCc2cccc(F)c2)n1. The summed E-state index contributed by atoms with van der Waals surface area (Å²) in [4.78, 5) is 4.13. The Morgan fingerprint density at radius 3 is 3.00 bits per heavy atom. The van der Waals surface area contributed by atoms with Crippen molar-refractivity contribution in [1.82, 2.24) is 20.1 Å². The molecule has 0 atom stereocenters. The number of halogens is 1. The highest BCUT2D eigenvalue weighted by Crippen LogP contribution is 2.02. The molecule has 0 bridgehead atoms. The summed E-state index contributed by atoms with van der Waals surface area (Å²) in [6.07, 6.45) is 2.46. The monoisotopic (exact) mass is 234 g/mol. The van der Waals surface area contributed by atoms with Gasteiger partial charge in [-0.15, -0.1) is 0 Å². The molecule has 90 valence electrons. The summed E-state index contributed by atoms with van der Waals surface area (Å²) in [5.74, 6) is 0.620. The first-order valence-electron chi connectivity index (χ1n) is 5.54. The van der Waals surface area contributed by atoms with Crippen molar-refractivity contribution in [3.8, 4) is 0 Å². The van der Waals surface area contributed by atoms with Gasteiger partial charge in [0.05, 0.1) is 0 Å². The Kier molecular flexibility index (Phi) is 3.82. The third-order valence-corrected chi connectivity index (χ3v) is 2.39. The van der Waals surface area contributed by atoms with Crippen LogP contribution in [0.4, 0.5) is 4.39 Å². The first kappa shape index (κ1) is 11.7. The highest BCUT2D eigenvalue weighted by Gasteiger charge is 1.99. The lowest BCUT2D eigenvalue weighted by Gasteiger charge is -2.03. The van der Waals surface area contributed by atoms with Gasteiger partial charge < -0.3 is 5.32 Å². The molecule has 0 fully saturated rings. The second-order valence-electron chi connectivity index (χ2n) is 3.89. The molecule has 0 saturated carbocycles. The van der Waals surface area contributed by atoms with Gasteiger partial charge in [0.15, 0.2) is 5.82 Å². The molecule has 1 N–H and O–H groups in total. The van der Waals surface area contributed by atoms with Crippen LogP contribution in [0.15, 0.2) is 30.6 Å². The molecule has 0 aliphatic rings. The van der Waals surface area contributed by atoms with Crippen LogP contribution in [0.3, 0.4) is 0 Å². The van der Waals surface area contributed by atoms with Crippen LogP contribution in [0, 0.1) is 5.82 Å². The summed E-state index contributed by atoms with van der Waals surface area (Å²) in [5, 5.41) is 7.41. The van der Waals surface area contributed by atoms with Crippen molar-refractivity contribution in [2.75, 3.05) is 6.54 Å². The van der Waals surface area contributed by atoms with E-state index in [1.54, 1.807) is 17.1 Å². The van der Waals surface area contributed by atoms with E-state index >= 15 is 0 Å². The minimum Gasteiger partial charge on any atom is -0.312 e. The third kappa shape index (κ3) is 3.64. The molecule has 0 saturated heterocycles. The molecule has 17 heavy (non-hydrogen) atoms. The van der Waals surface area contributed by atoms with Crippen LogP contribution in [0.5, 0.6) is 0 Å². The lowest BCUT2D eigenvalue weighted by atomic mass is 10.2. The van der Waals surface area contributed by atoms with Gasteiger partial charge in [-0.2, -0.15) is 5.10 Å². The van der Waals surface area contributed by atoms with Crippen molar-refractivity contribution >= 4 is 0 Å². The van der Waals surface area contributed by atoms with E-state index in [2.05, 4.69) is 15.4 Å². The fourth-order valence-electron chi connectivity index (χ4n) is 1.58. The van der Waals surface area contributed by atoms with Crippen molar-refractivity contribution in [3.63, 3.8) is 0 Å². The van der Waals surface area contributed by atoms with E-state index in [1.807, 2.05) is 13.1 Å². The standard InChI is InChI=1S/C12H15FN4/c1-17-9-15-12(16-17)5-6-14-8-10-3-2-4-11(13)7-10/h2-4,7,9,14H,5-6,8H2,1H3. The fraction of sp³-hybridized carbons (Fsp3) is 0.333. The van der Waals surface area contributed by atoms with Crippen LogP contribution in [0.1, 0.15) is 11.4 Å². The number of nitrogens with one attached hydrogen (secondary N) is 1. The lowest BCUT2D eigenvalue weighted by Crippen LogP contribution is -2.17. The molecule has 1 heterocycles. The van der Waals surface area contributed by atoms with Crippen LogP contribution >= 0.6 is 0 Å². The second kappa shape index (κ2) is 5.54. The van der Waals surface area contributed by atoms with Gasteiger partial charge in [-0.1, -0.05) is 12.1 Å². The Balaban J connectivity index is 1.73. The smallest absolute Gasteiger partial charge is 0.151 e. The van der Waals surface area contributed by atoms with Crippen LogP contribution < -0.4 is 5.32 Å². The molecule has 2 aromatic rings. The molecule has 1 aromatic carbocycles. The minimum absolute atomic E-state index is 0.198. The molecule has 1 aromatic heterocycles. The van der Waals surface area contributed by atoms with Gasteiger partial charge in [0.25, 0.3) is 0 Å². The Morgan fingerprint density at radius 1 is 1.41 bits per heavy atom. The van der Waals surface area contributed by atoms with Gasteiger partial charge in [0.2, 0.25) is 0 Å². The van der Waals surface area contributed by atoms with Gasteiger partial charge in [0, 0.05) is 26.6 Å². The van der Waals surface area contributed by atoms with Gasteiger partial charge in [-0.3, -0.25) is 4.68 Å². The molecular weight excluding hydrogens is 219 g/mol. The Bertz CT molecular complexity index is 481. The second-order valence-corrected chi connectivity index (χ2v) is 3.89. The predicted molar refractivity (Wildman–Crippen MR) is 62.8 cm³/mol. The zero-order valence-corrected chi connectivity index (χ0v) is 9.73. The summed E-state index contributed by atoms with van der Waals surface area (Å²) < 4.78 is 14.6. The number of hydrogen-bond acceptors (Lipinski definition) is 3. The Morgan fingerprint density at radius 2 is 2.29 bits per heavy atom. The van der Waals surface area contributed by atoms with Crippen molar-refractivity contribution in [2.24, 2.45) is 7.05 Å². The van der Waals surface area contributed by atoms with Crippen LogP contribution in [0.2, 0.25) is 0 Å². The van der Waals surface area contributed by atoms with Crippen LogP contribution in [-0.2, 0) is 20.0 Å². The van der Waals surface area contributed by atoms with E-state index < -0.39 is 0 Å². The molecule has 2 rings (SSSR count). The topological polar surface area (TPSA) is 42.7 Å². The van der Waals surface area contributed by atoms with Crippen molar-refractivity contribution in [2.45, 2.75) is 13.0 Å². The van der Waals surface area contributed by atoms with E-state index in [1.165, 1.54) is 12.1 Å². The Labute approximate surface area is 99.5 Å². The summed E-state index contributed by atoms with van der Waals surface area (Å²) in [5.41, 5.74) is 0.944. The number of rotatable bonds is 5. The quantitative estimate of drug-likeness (QED) is 0.793. The van der Waals surface area contributed by atoms with E-state index in [0.717, 1.165) is 24.4 Å². The van der Waals surface area contributed by atoms with Crippen molar-refractivity contribution in [3.05, 3.63) is 47.8 Å². The van der Waals surface area contributed by atoms with Crippen LogP contribution in [-0.4, -0.2) is 21.3 Å². The molecular formula is C12H15FN4. The largest absolute Gasteiger partial charge is 0.312 e. The first-order valence-corrected chi connectivity index (χ1v) is 5.54. The van der Waals surface area contributed by atoms with E-state index in [0.29, 0.717) is 6.54 Å². The molecule has 0 amide bonds. The maximum atomic E-state index is 12.9. The predicted octanol–water partition coefficient (Wildman–Crippen LogP) is 1.29. The maximum Gasteiger partial charge on any atom is 0.151 e. The number of benzene rings is 1. The molecule has 0 aliphatic carbocycles. The molecule has 4 nitrogen and oxygen atoms in total. The molecule has 0 unspecified atom stereocenters. The highest BCUT2D eigenvalue weighted by atomic mass is 19.1. The normalized spacial score (nSPS) is 10.7. The summed E-state index contributed by atoms with van der Waals surface area (Å²) in [7, 11) is 1.84. The van der Waals surface area contributed by atoms with Gasteiger partial charge in [-0.25, -0.2) is 9.37 Å². The van der Waals surface area contributed by atoms with E-state index in [9.17, 15) is 4.39 Å². The summed E-state index contributed by atoms with van der Waals surface area (Å²) in [6.45, 7) is 1.44. The molecule has 0 aliphatic heterocycles. The molecule has 5 heteroatoms. The highest BCUT2D eigenvalue weighted by molar-refractivity contribution is 5.15. The van der Waals surface area contributed by atoms with Gasteiger partial charge in [0.1, 0.15) is 12.1 Å². The summed E-state index contributed by atoms with van der Waals surface area (Å²) >= 11 is 0. The van der Waals surface area contributed by atoms with Crippen LogP contribution in [0.25, 0.3) is 0 Å². The zero-order chi connectivity index (χ0) is 12.1. The maximum absolute atomic E-state index is 12.9. The molecule has 0 spiro atoms. The van der Waals surface area contributed by atoms with Crippen molar-refractivity contribution < 1.29 is 4.39 Å². The zero-order valence-electron chi connectivity index (χ0n) is 9.73. The first-order chi connectivity index (χ1) is 8.24. The number of aryl methyl sites for hydroxylation is 1. The Hall–Kier alpha value is -1.75. The summed E-state index contributed by atoms with van der Waals surface area (Å²) in [6, 6.07) is 6.59. The lowest BCUT2D eigenvalue weighted by molar-refractivity contribution is 0.618. The van der Waals surface area contributed by atoms with E-state index in [-0.39, 0.29) is 5.82 Å². The van der Waals surface area contributed by atoms with Gasteiger partial charge >= 0.3 is 0 Å². The number of nitrogens with zero attached hydrogens (tertiary/aromatic N) is 3. The van der Waals surface area contributed by atoms with E-state index in [4.69, 9.17) is 0 Å². The van der Waals surface area contributed by atoms with Crippen molar-refractivity contribution in [1.29, 1.82) is 0 Å². The minimum atomic E-state index is -0.198. The fourth-order valence-corrected chi connectivity index (χ4v) is 1.58. The average molecular weight is 234 g/mol. The van der Waals surface area contributed by atoms with Gasteiger partial charge in [-0.05, 0) is 17.7 Å². The number of hydrogen-bond donors (Lipinski definition) is 1.